The summed E-state index contributed by atoms with van der Waals surface area (Å²) >= 11 is 0. The summed E-state index contributed by atoms with van der Waals surface area (Å²) in [6.07, 6.45) is 3.79. The van der Waals surface area contributed by atoms with E-state index in [4.69, 9.17) is 0 Å². The smallest absolute Gasteiger partial charge is 0.137 e. The van der Waals surface area contributed by atoms with E-state index in [0.29, 0.717) is 6.04 Å². The average Bonchev–Trinajstić information content (AvgIpc) is 2.33. The Bertz CT molecular complexity index is 363. The van der Waals surface area contributed by atoms with E-state index >= 15 is 0 Å². The van der Waals surface area contributed by atoms with Crippen molar-refractivity contribution in [1.29, 1.82) is 0 Å². The van der Waals surface area contributed by atoms with Crippen LogP contribution < -0.4 is 10.2 Å². The van der Waals surface area contributed by atoms with Gasteiger partial charge in [-0.15, -0.1) is 0 Å². The van der Waals surface area contributed by atoms with Crippen molar-refractivity contribution in [2.24, 2.45) is 0 Å². The molecule has 0 saturated carbocycles. The topological polar surface area (TPSA) is 41.1 Å². The first kappa shape index (κ1) is 14.7. The standard InChI is InChI=1S/C14H26N4/c1-6-9-12-13(15-7-2)16-10-17-14(12)18(8-3)11(4)5/h10-11H,6-9H2,1-5H3,(H,15,16,17). The second-order valence-corrected chi connectivity index (χ2v) is 4.68. The van der Waals surface area contributed by atoms with Crippen LogP contribution in [0.25, 0.3) is 0 Å². The summed E-state index contributed by atoms with van der Waals surface area (Å²) in [6.45, 7) is 12.7. The van der Waals surface area contributed by atoms with Crippen LogP contribution in [0.5, 0.6) is 0 Å². The van der Waals surface area contributed by atoms with Crippen LogP contribution >= 0.6 is 0 Å². The van der Waals surface area contributed by atoms with Gasteiger partial charge in [0.1, 0.15) is 18.0 Å². The maximum Gasteiger partial charge on any atom is 0.137 e. The lowest BCUT2D eigenvalue weighted by Crippen LogP contribution is -2.32. The van der Waals surface area contributed by atoms with Crippen molar-refractivity contribution in [2.75, 3.05) is 23.3 Å². The maximum atomic E-state index is 4.51. The number of aromatic nitrogens is 2. The Morgan fingerprint density at radius 2 is 1.94 bits per heavy atom. The Balaban J connectivity index is 3.19. The summed E-state index contributed by atoms with van der Waals surface area (Å²) in [7, 11) is 0. The molecule has 0 bridgehead atoms. The molecular weight excluding hydrogens is 224 g/mol. The SMILES string of the molecule is CCCc1c(NCC)ncnc1N(CC)C(C)C. The largest absolute Gasteiger partial charge is 0.370 e. The zero-order valence-electron chi connectivity index (χ0n) is 12.3. The molecule has 0 unspecified atom stereocenters. The minimum Gasteiger partial charge on any atom is -0.370 e. The van der Waals surface area contributed by atoms with Crippen LogP contribution in [-0.2, 0) is 6.42 Å². The van der Waals surface area contributed by atoms with Gasteiger partial charge in [-0.3, -0.25) is 0 Å². The van der Waals surface area contributed by atoms with Gasteiger partial charge in [0.25, 0.3) is 0 Å². The van der Waals surface area contributed by atoms with E-state index in [-0.39, 0.29) is 0 Å². The molecule has 102 valence electrons. The molecule has 0 saturated heterocycles. The molecule has 4 nitrogen and oxygen atoms in total. The van der Waals surface area contributed by atoms with E-state index in [1.807, 2.05) is 0 Å². The van der Waals surface area contributed by atoms with Crippen LogP contribution in [-0.4, -0.2) is 29.1 Å². The van der Waals surface area contributed by atoms with Crippen LogP contribution in [0.1, 0.15) is 46.6 Å². The molecule has 1 rings (SSSR count). The predicted molar refractivity (Wildman–Crippen MR) is 78.3 cm³/mol. The number of nitrogens with one attached hydrogen (secondary N) is 1. The molecule has 0 aromatic carbocycles. The van der Waals surface area contributed by atoms with Gasteiger partial charge in [0, 0.05) is 24.7 Å². The Hall–Kier alpha value is -1.32. The molecule has 1 aromatic heterocycles. The van der Waals surface area contributed by atoms with Crippen molar-refractivity contribution in [3.63, 3.8) is 0 Å². The first-order valence-electron chi connectivity index (χ1n) is 6.99. The molecule has 0 aliphatic heterocycles. The van der Waals surface area contributed by atoms with E-state index in [1.165, 1.54) is 5.56 Å². The minimum absolute atomic E-state index is 0.454. The number of nitrogens with zero attached hydrogens (tertiary/aromatic N) is 3. The third-order valence-electron chi connectivity index (χ3n) is 3.00. The molecule has 1 N–H and O–H groups in total. The van der Waals surface area contributed by atoms with Crippen LogP contribution in [0.15, 0.2) is 6.33 Å². The van der Waals surface area contributed by atoms with Crippen molar-refractivity contribution >= 4 is 11.6 Å². The summed E-state index contributed by atoms with van der Waals surface area (Å²) in [6, 6.07) is 0.454. The van der Waals surface area contributed by atoms with E-state index in [9.17, 15) is 0 Å². The summed E-state index contributed by atoms with van der Waals surface area (Å²) in [5.74, 6) is 2.07. The van der Waals surface area contributed by atoms with Gasteiger partial charge in [0.15, 0.2) is 0 Å². The fourth-order valence-corrected chi connectivity index (χ4v) is 2.21. The van der Waals surface area contributed by atoms with Crippen molar-refractivity contribution in [3.05, 3.63) is 11.9 Å². The average molecular weight is 250 g/mol. The van der Waals surface area contributed by atoms with Crippen LogP contribution in [0, 0.1) is 0 Å². The quantitative estimate of drug-likeness (QED) is 0.807. The van der Waals surface area contributed by atoms with Crippen molar-refractivity contribution in [1.82, 2.24) is 9.97 Å². The van der Waals surface area contributed by atoms with Gasteiger partial charge in [0.05, 0.1) is 0 Å². The molecule has 0 atom stereocenters. The molecule has 1 heterocycles. The Kier molecular flexibility index (Phi) is 5.89. The lowest BCUT2D eigenvalue weighted by atomic mass is 10.1. The van der Waals surface area contributed by atoms with E-state index < -0.39 is 0 Å². The number of hydrogen-bond donors (Lipinski definition) is 1. The van der Waals surface area contributed by atoms with Gasteiger partial charge >= 0.3 is 0 Å². The highest BCUT2D eigenvalue weighted by Gasteiger charge is 2.17. The van der Waals surface area contributed by atoms with E-state index in [1.54, 1.807) is 6.33 Å². The molecular formula is C14H26N4. The monoisotopic (exact) mass is 250 g/mol. The molecule has 0 aliphatic carbocycles. The summed E-state index contributed by atoms with van der Waals surface area (Å²) < 4.78 is 0. The lowest BCUT2D eigenvalue weighted by molar-refractivity contribution is 0.684. The first-order chi connectivity index (χ1) is 8.65. The highest BCUT2D eigenvalue weighted by Crippen LogP contribution is 2.26. The van der Waals surface area contributed by atoms with E-state index in [0.717, 1.165) is 37.6 Å². The third-order valence-corrected chi connectivity index (χ3v) is 3.00. The second-order valence-electron chi connectivity index (χ2n) is 4.68. The van der Waals surface area contributed by atoms with Gasteiger partial charge in [-0.05, 0) is 34.1 Å². The molecule has 1 aromatic rings. The third kappa shape index (κ3) is 3.34. The summed E-state index contributed by atoms with van der Waals surface area (Å²) in [5.41, 5.74) is 1.25. The zero-order chi connectivity index (χ0) is 13.5. The van der Waals surface area contributed by atoms with Crippen molar-refractivity contribution in [2.45, 2.75) is 53.5 Å². The van der Waals surface area contributed by atoms with Crippen molar-refractivity contribution in [3.8, 4) is 0 Å². The predicted octanol–water partition coefficient (Wildman–Crippen LogP) is 3.10. The molecule has 0 aliphatic rings. The molecule has 0 fully saturated rings. The first-order valence-corrected chi connectivity index (χ1v) is 6.99. The minimum atomic E-state index is 0.454. The summed E-state index contributed by atoms with van der Waals surface area (Å²) in [5, 5.41) is 3.34. The highest BCUT2D eigenvalue weighted by atomic mass is 15.2. The zero-order valence-corrected chi connectivity index (χ0v) is 12.3. The van der Waals surface area contributed by atoms with Gasteiger partial charge in [-0.1, -0.05) is 13.3 Å². The van der Waals surface area contributed by atoms with Gasteiger partial charge < -0.3 is 10.2 Å². The number of hydrogen-bond acceptors (Lipinski definition) is 4. The van der Waals surface area contributed by atoms with Gasteiger partial charge in [0.2, 0.25) is 0 Å². The Labute approximate surface area is 111 Å². The molecule has 18 heavy (non-hydrogen) atoms. The van der Waals surface area contributed by atoms with Crippen molar-refractivity contribution < 1.29 is 0 Å². The molecule has 4 heteroatoms. The van der Waals surface area contributed by atoms with Crippen LogP contribution in [0.4, 0.5) is 11.6 Å². The number of rotatable bonds is 7. The Morgan fingerprint density at radius 1 is 1.22 bits per heavy atom. The van der Waals surface area contributed by atoms with E-state index in [2.05, 4.69) is 54.8 Å². The van der Waals surface area contributed by atoms with Crippen LogP contribution in [0.3, 0.4) is 0 Å². The molecule has 0 radical (unpaired) electrons. The summed E-state index contributed by atoms with van der Waals surface area (Å²) in [4.78, 5) is 11.2. The fourth-order valence-electron chi connectivity index (χ4n) is 2.21. The molecule has 0 amide bonds. The van der Waals surface area contributed by atoms with Gasteiger partial charge in [-0.2, -0.15) is 0 Å². The molecule has 0 spiro atoms. The normalized spacial score (nSPS) is 10.8. The Morgan fingerprint density at radius 3 is 2.44 bits per heavy atom. The lowest BCUT2D eigenvalue weighted by Gasteiger charge is -2.29. The number of anilines is 2. The van der Waals surface area contributed by atoms with Crippen LogP contribution in [0.2, 0.25) is 0 Å². The highest BCUT2D eigenvalue weighted by molar-refractivity contribution is 5.59. The maximum absolute atomic E-state index is 4.51. The second kappa shape index (κ2) is 7.19. The van der Waals surface area contributed by atoms with Gasteiger partial charge in [-0.25, -0.2) is 9.97 Å². The fraction of sp³-hybridized carbons (Fsp3) is 0.714.